The molecular formula is C13H22N4O2S. The molecule has 0 aliphatic carbocycles. The molecule has 1 unspecified atom stereocenters. The van der Waals surface area contributed by atoms with Gasteiger partial charge in [0.1, 0.15) is 0 Å². The van der Waals surface area contributed by atoms with Crippen molar-refractivity contribution in [2.75, 3.05) is 37.6 Å². The number of hydrogen-bond acceptors (Lipinski definition) is 5. The van der Waals surface area contributed by atoms with Gasteiger partial charge in [-0.05, 0) is 31.2 Å². The summed E-state index contributed by atoms with van der Waals surface area (Å²) in [4.78, 5) is 4.76. The molecule has 0 bridgehead atoms. The zero-order valence-corrected chi connectivity index (χ0v) is 12.5. The normalized spacial score (nSPS) is 19.1. The lowest BCUT2D eigenvalue weighted by atomic mass is 10.2. The van der Waals surface area contributed by atoms with E-state index < -0.39 is 10.0 Å². The molecule has 1 saturated heterocycles. The summed E-state index contributed by atoms with van der Waals surface area (Å²) in [6, 6.07) is 7.13. The minimum absolute atomic E-state index is 0.150. The van der Waals surface area contributed by atoms with Crippen molar-refractivity contribution in [3.05, 3.63) is 24.3 Å². The molecule has 0 aromatic heterocycles. The van der Waals surface area contributed by atoms with Gasteiger partial charge in [0.2, 0.25) is 10.0 Å². The monoisotopic (exact) mass is 298 g/mol. The fourth-order valence-corrected chi connectivity index (χ4v) is 2.93. The molecule has 0 amide bonds. The zero-order chi connectivity index (χ0) is 14.8. The number of nitrogens with two attached hydrogens (primary N) is 2. The van der Waals surface area contributed by atoms with Gasteiger partial charge < -0.3 is 10.6 Å². The van der Waals surface area contributed by atoms with Crippen LogP contribution >= 0.6 is 0 Å². The molecular weight excluding hydrogens is 276 g/mol. The van der Waals surface area contributed by atoms with Crippen LogP contribution in [0.3, 0.4) is 0 Å². The Morgan fingerprint density at radius 1 is 1.15 bits per heavy atom. The van der Waals surface area contributed by atoms with Gasteiger partial charge in [0.05, 0.1) is 4.90 Å². The molecule has 0 spiro atoms. The summed E-state index contributed by atoms with van der Waals surface area (Å²) >= 11 is 0. The van der Waals surface area contributed by atoms with Gasteiger partial charge >= 0.3 is 0 Å². The largest absolute Gasteiger partial charge is 0.369 e. The summed E-state index contributed by atoms with van der Waals surface area (Å²) in [5, 5.41) is 5.09. The molecule has 112 valence electrons. The third-order valence-corrected chi connectivity index (χ3v) is 4.74. The van der Waals surface area contributed by atoms with Gasteiger partial charge in [-0.2, -0.15) is 0 Å². The van der Waals surface area contributed by atoms with Gasteiger partial charge in [-0.1, -0.05) is 0 Å². The molecule has 1 fully saturated rings. The third kappa shape index (κ3) is 3.49. The maximum Gasteiger partial charge on any atom is 0.238 e. The minimum atomic E-state index is -3.61. The van der Waals surface area contributed by atoms with Crippen LogP contribution in [-0.4, -0.2) is 52.1 Å². The van der Waals surface area contributed by atoms with Gasteiger partial charge in [-0.3, -0.25) is 4.90 Å². The van der Waals surface area contributed by atoms with Crippen LogP contribution < -0.4 is 15.8 Å². The minimum Gasteiger partial charge on any atom is -0.369 e. The highest BCUT2D eigenvalue weighted by atomic mass is 32.2. The predicted molar refractivity (Wildman–Crippen MR) is 80.1 cm³/mol. The molecule has 1 atom stereocenters. The topological polar surface area (TPSA) is 92.7 Å². The van der Waals surface area contributed by atoms with Gasteiger partial charge in [-0.25, -0.2) is 13.6 Å². The van der Waals surface area contributed by atoms with E-state index in [9.17, 15) is 8.42 Å². The fourth-order valence-electron chi connectivity index (χ4n) is 2.42. The lowest BCUT2D eigenvalue weighted by Crippen LogP contribution is -2.51. The van der Waals surface area contributed by atoms with Crippen molar-refractivity contribution in [3.63, 3.8) is 0 Å². The highest BCUT2D eigenvalue weighted by Gasteiger charge is 2.20. The number of rotatable bonds is 4. The molecule has 4 N–H and O–H groups in total. The van der Waals surface area contributed by atoms with Crippen LogP contribution in [0, 0.1) is 0 Å². The van der Waals surface area contributed by atoms with Gasteiger partial charge in [0.25, 0.3) is 0 Å². The van der Waals surface area contributed by atoms with Crippen molar-refractivity contribution in [1.29, 1.82) is 0 Å². The van der Waals surface area contributed by atoms with E-state index in [1.165, 1.54) is 0 Å². The first kappa shape index (κ1) is 15.2. The number of sulfonamides is 1. The second-order valence-corrected chi connectivity index (χ2v) is 6.71. The van der Waals surface area contributed by atoms with Crippen molar-refractivity contribution in [1.82, 2.24) is 4.90 Å². The molecule has 6 nitrogen and oxygen atoms in total. The van der Waals surface area contributed by atoms with E-state index in [1.54, 1.807) is 12.1 Å². The SMILES string of the molecule is CC(CN)N1CCN(c2ccc(S(N)(=O)=O)cc2)CC1. The number of benzene rings is 1. The Morgan fingerprint density at radius 3 is 2.15 bits per heavy atom. The molecule has 7 heteroatoms. The molecule has 0 radical (unpaired) electrons. The van der Waals surface area contributed by atoms with Crippen molar-refractivity contribution in [2.45, 2.75) is 17.9 Å². The summed E-state index contributed by atoms with van der Waals surface area (Å²) in [5.74, 6) is 0. The molecule has 1 aromatic rings. The van der Waals surface area contributed by atoms with Crippen molar-refractivity contribution < 1.29 is 8.42 Å². The quantitative estimate of drug-likeness (QED) is 0.803. The number of primary sulfonamides is 1. The van der Waals surface area contributed by atoms with Crippen LogP contribution in [0.2, 0.25) is 0 Å². The fraction of sp³-hybridized carbons (Fsp3) is 0.538. The predicted octanol–water partition coefficient (Wildman–Crippen LogP) is -0.197. The van der Waals surface area contributed by atoms with Crippen LogP contribution in [0.1, 0.15) is 6.92 Å². The summed E-state index contributed by atoms with van der Waals surface area (Å²) in [7, 11) is -3.61. The Kier molecular flexibility index (Phi) is 4.64. The average Bonchev–Trinajstić information content (AvgIpc) is 2.46. The summed E-state index contributed by atoms with van der Waals surface area (Å²) in [5.41, 5.74) is 6.71. The highest BCUT2D eigenvalue weighted by molar-refractivity contribution is 7.89. The maximum atomic E-state index is 11.2. The Hall–Kier alpha value is -1.15. The summed E-state index contributed by atoms with van der Waals surface area (Å²) in [6.07, 6.45) is 0. The molecule has 20 heavy (non-hydrogen) atoms. The Labute approximate surface area is 120 Å². The van der Waals surface area contributed by atoms with E-state index in [-0.39, 0.29) is 4.90 Å². The second-order valence-electron chi connectivity index (χ2n) is 5.15. The lowest BCUT2D eigenvalue weighted by Gasteiger charge is -2.38. The van der Waals surface area contributed by atoms with E-state index in [1.807, 2.05) is 12.1 Å². The average molecular weight is 298 g/mol. The smallest absolute Gasteiger partial charge is 0.238 e. The summed E-state index contributed by atoms with van der Waals surface area (Å²) in [6.45, 7) is 6.57. The number of anilines is 1. The molecule has 1 aliphatic rings. The molecule has 2 rings (SSSR count). The molecule has 1 aliphatic heterocycles. The number of nitrogens with zero attached hydrogens (tertiary/aromatic N) is 2. The molecule has 1 heterocycles. The van der Waals surface area contributed by atoms with Crippen molar-refractivity contribution in [3.8, 4) is 0 Å². The van der Waals surface area contributed by atoms with Gasteiger partial charge in [0.15, 0.2) is 0 Å². The first-order valence-corrected chi connectivity index (χ1v) is 8.28. The first-order chi connectivity index (χ1) is 9.41. The van der Waals surface area contributed by atoms with Crippen LogP contribution in [0.25, 0.3) is 0 Å². The van der Waals surface area contributed by atoms with Crippen LogP contribution in [0.4, 0.5) is 5.69 Å². The van der Waals surface area contributed by atoms with Crippen LogP contribution in [0.15, 0.2) is 29.2 Å². The maximum absolute atomic E-state index is 11.2. The van der Waals surface area contributed by atoms with Crippen LogP contribution in [0.5, 0.6) is 0 Å². The van der Waals surface area contributed by atoms with E-state index in [0.717, 1.165) is 31.9 Å². The Bertz CT molecular complexity index is 536. The van der Waals surface area contributed by atoms with Gasteiger partial charge in [-0.15, -0.1) is 0 Å². The molecule has 1 aromatic carbocycles. The van der Waals surface area contributed by atoms with E-state index >= 15 is 0 Å². The number of piperazine rings is 1. The standard InChI is InChI=1S/C13H22N4O2S/c1-11(10-14)16-6-8-17(9-7-16)12-2-4-13(5-3-12)20(15,18)19/h2-5,11H,6-10,14H2,1H3,(H2,15,18,19). The van der Waals surface area contributed by atoms with Crippen molar-refractivity contribution >= 4 is 15.7 Å². The third-order valence-electron chi connectivity index (χ3n) is 3.81. The van der Waals surface area contributed by atoms with Crippen LogP contribution in [-0.2, 0) is 10.0 Å². The van der Waals surface area contributed by atoms with E-state index in [0.29, 0.717) is 12.6 Å². The zero-order valence-electron chi connectivity index (χ0n) is 11.7. The van der Waals surface area contributed by atoms with E-state index in [4.69, 9.17) is 10.9 Å². The number of hydrogen-bond donors (Lipinski definition) is 2. The van der Waals surface area contributed by atoms with Gasteiger partial charge in [0, 0.05) is 44.5 Å². The Morgan fingerprint density at radius 2 is 1.70 bits per heavy atom. The lowest BCUT2D eigenvalue weighted by molar-refractivity contribution is 0.201. The first-order valence-electron chi connectivity index (χ1n) is 6.74. The molecule has 0 saturated carbocycles. The highest BCUT2D eigenvalue weighted by Crippen LogP contribution is 2.19. The second kappa shape index (κ2) is 6.09. The van der Waals surface area contributed by atoms with E-state index in [2.05, 4.69) is 16.7 Å². The van der Waals surface area contributed by atoms with Crippen molar-refractivity contribution in [2.24, 2.45) is 10.9 Å². The Balaban J connectivity index is 2.01. The summed E-state index contributed by atoms with van der Waals surface area (Å²) < 4.78 is 22.4.